The zero-order chi connectivity index (χ0) is 14.7. The molecule has 2 aliphatic heterocycles. The maximum Gasteiger partial charge on any atom is 0.222 e. The molecule has 0 unspecified atom stereocenters. The van der Waals surface area contributed by atoms with Crippen LogP contribution >= 0.6 is 0 Å². The highest BCUT2D eigenvalue weighted by atomic mass is 19.1. The van der Waals surface area contributed by atoms with Crippen molar-refractivity contribution in [1.82, 2.24) is 9.80 Å². The van der Waals surface area contributed by atoms with E-state index in [-0.39, 0.29) is 17.8 Å². The molecule has 0 saturated carbocycles. The van der Waals surface area contributed by atoms with Crippen LogP contribution in [0.15, 0.2) is 24.3 Å². The van der Waals surface area contributed by atoms with Crippen molar-refractivity contribution >= 4 is 5.91 Å². The molecule has 1 atom stereocenters. The Morgan fingerprint density at radius 3 is 2.71 bits per heavy atom. The number of carbonyl (C=O) groups excluding carboxylic acids is 1. The summed E-state index contributed by atoms with van der Waals surface area (Å²) >= 11 is 0. The molecule has 4 nitrogen and oxygen atoms in total. The third-order valence-electron chi connectivity index (χ3n) is 4.25. The molecule has 2 aliphatic rings. The summed E-state index contributed by atoms with van der Waals surface area (Å²) in [5.41, 5.74) is 1.01. The summed E-state index contributed by atoms with van der Waals surface area (Å²) in [6.07, 6.45) is 1.68. The second-order valence-electron chi connectivity index (χ2n) is 5.70. The van der Waals surface area contributed by atoms with Crippen LogP contribution in [-0.2, 0) is 9.53 Å². The van der Waals surface area contributed by atoms with E-state index in [9.17, 15) is 9.18 Å². The molecule has 0 bridgehead atoms. The van der Waals surface area contributed by atoms with Gasteiger partial charge >= 0.3 is 0 Å². The average Bonchev–Trinajstić information content (AvgIpc) is 2.91. The third kappa shape index (κ3) is 3.60. The van der Waals surface area contributed by atoms with Gasteiger partial charge in [-0.1, -0.05) is 12.1 Å². The minimum absolute atomic E-state index is 0.00590. The number of hydrogen-bond donors (Lipinski definition) is 0. The van der Waals surface area contributed by atoms with E-state index < -0.39 is 0 Å². The highest BCUT2D eigenvalue weighted by Gasteiger charge is 2.24. The van der Waals surface area contributed by atoms with E-state index in [1.54, 1.807) is 12.1 Å². The molecule has 2 heterocycles. The quantitative estimate of drug-likeness (QED) is 0.848. The minimum atomic E-state index is -0.223. The SMILES string of the molecule is O=C1CCCN1CCN1CCO[C@H](c2ccc(F)cc2)C1. The van der Waals surface area contributed by atoms with E-state index in [1.165, 1.54) is 12.1 Å². The van der Waals surface area contributed by atoms with E-state index in [0.717, 1.165) is 44.7 Å². The summed E-state index contributed by atoms with van der Waals surface area (Å²) in [7, 11) is 0. The van der Waals surface area contributed by atoms with Gasteiger partial charge in [0.25, 0.3) is 0 Å². The van der Waals surface area contributed by atoms with Gasteiger partial charge in [-0.2, -0.15) is 0 Å². The standard InChI is InChI=1S/C16H21FN2O2/c17-14-5-3-13(4-6-14)15-12-18(10-11-21-15)8-9-19-7-1-2-16(19)20/h3-6,15H,1-2,7-12H2/t15-/m0/s1. The van der Waals surface area contributed by atoms with Crippen molar-refractivity contribution in [1.29, 1.82) is 0 Å². The molecule has 0 N–H and O–H groups in total. The maximum atomic E-state index is 13.0. The Hall–Kier alpha value is -1.46. The van der Waals surface area contributed by atoms with E-state index in [1.807, 2.05) is 4.90 Å². The number of hydrogen-bond acceptors (Lipinski definition) is 3. The second kappa shape index (κ2) is 6.54. The Morgan fingerprint density at radius 1 is 1.19 bits per heavy atom. The fraction of sp³-hybridized carbons (Fsp3) is 0.562. The van der Waals surface area contributed by atoms with Gasteiger partial charge in [0.15, 0.2) is 0 Å². The summed E-state index contributed by atoms with van der Waals surface area (Å²) < 4.78 is 18.8. The highest BCUT2D eigenvalue weighted by molar-refractivity contribution is 5.78. The fourth-order valence-electron chi connectivity index (χ4n) is 2.99. The highest BCUT2D eigenvalue weighted by Crippen LogP contribution is 2.22. The van der Waals surface area contributed by atoms with Crippen LogP contribution in [0.5, 0.6) is 0 Å². The first-order valence-electron chi connectivity index (χ1n) is 7.59. The van der Waals surface area contributed by atoms with Crippen molar-refractivity contribution in [2.24, 2.45) is 0 Å². The average molecular weight is 292 g/mol. The van der Waals surface area contributed by atoms with Crippen LogP contribution in [0.3, 0.4) is 0 Å². The number of rotatable bonds is 4. The van der Waals surface area contributed by atoms with E-state index in [4.69, 9.17) is 4.74 Å². The summed E-state index contributed by atoms with van der Waals surface area (Å²) in [5.74, 6) is 0.0531. The third-order valence-corrected chi connectivity index (χ3v) is 4.25. The normalized spacial score (nSPS) is 23.8. The second-order valence-corrected chi connectivity index (χ2v) is 5.70. The molecule has 21 heavy (non-hydrogen) atoms. The molecule has 0 aliphatic carbocycles. The molecule has 2 fully saturated rings. The number of benzene rings is 1. The lowest BCUT2D eigenvalue weighted by Gasteiger charge is -2.34. The summed E-state index contributed by atoms with van der Waals surface area (Å²) in [6.45, 7) is 4.94. The predicted molar refractivity (Wildman–Crippen MR) is 77.3 cm³/mol. The monoisotopic (exact) mass is 292 g/mol. The maximum absolute atomic E-state index is 13.0. The Balaban J connectivity index is 1.53. The molecule has 0 aromatic heterocycles. The molecular weight excluding hydrogens is 271 g/mol. The van der Waals surface area contributed by atoms with Crippen molar-refractivity contribution in [3.05, 3.63) is 35.6 Å². The van der Waals surface area contributed by atoms with Crippen molar-refractivity contribution in [3.8, 4) is 0 Å². The first-order chi connectivity index (χ1) is 10.2. The Bertz CT molecular complexity index is 492. The number of amides is 1. The van der Waals surface area contributed by atoms with E-state index in [2.05, 4.69) is 4.90 Å². The fourth-order valence-corrected chi connectivity index (χ4v) is 2.99. The number of morpholine rings is 1. The number of nitrogens with zero attached hydrogens (tertiary/aromatic N) is 2. The van der Waals surface area contributed by atoms with Crippen LogP contribution in [-0.4, -0.2) is 55.0 Å². The van der Waals surface area contributed by atoms with Crippen molar-refractivity contribution in [2.45, 2.75) is 18.9 Å². The van der Waals surface area contributed by atoms with Crippen LogP contribution in [0, 0.1) is 5.82 Å². The van der Waals surface area contributed by atoms with Gasteiger partial charge in [-0.15, -0.1) is 0 Å². The van der Waals surface area contributed by atoms with Gasteiger partial charge in [0.2, 0.25) is 5.91 Å². The first-order valence-corrected chi connectivity index (χ1v) is 7.59. The number of ether oxygens (including phenoxy) is 1. The zero-order valence-corrected chi connectivity index (χ0v) is 12.1. The van der Waals surface area contributed by atoms with Gasteiger partial charge in [0.05, 0.1) is 12.7 Å². The molecule has 5 heteroatoms. The van der Waals surface area contributed by atoms with E-state index >= 15 is 0 Å². The summed E-state index contributed by atoms with van der Waals surface area (Å²) in [5, 5.41) is 0. The van der Waals surface area contributed by atoms with Gasteiger partial charge in [-0.05, 0) is 24.1 Å². The van der Waals surface area contributed by atoms with Crippen molar-refractivity contribution in [3.63, 3.8) is 0 Å². The Labute approximate surface area is 124 Å². The molecule has 1 amide bonds. The molecule has 114 valence electrons. The minimum Gasteiger partial charge on any atom is -0.371 e. The van der Waals surface area contributed by atoms with E-state index in [0.29, 0.717) is 13.0 Å². The van der Waals surface area contributed by atoms with Gasteiger partial charge in [0.1, 0.15) is 5.82 Å². The van der Waals surface area contributed by atoms with Crippen LogP contribution in [0.25, 0.3) is 0 Å². The number of halogens is 1. The zero-order valence-electron chi connectivity index (χ0n) is 12.1. The van der Waals surface area contributed by atoms with Gasteiger partial charge in [0, 0.05) is 39.1 Å². The lowest BCUT2D eigenvalue weighted by molar-refractivity contribution is -0.128. The van der Waals surface area contributed by atoms with Crippen LogP contribution < -0.4 is 0 Å². The molecule has 1 aromatic rings. The Morgan fingerprint density at radius 2 is 2.00 bits per heavy atom. The van der Waals surface area contributed by atoms with Gasteiger partial charge in [-0.25, -0.2) is 4.39 Å². The first kappa shape index (κ1) is 14.5. The van der Waals surface area contributed by atoms with Crippen LogP contribution in [0.1, 0.15) is 24.5 Å². The van der Waals surface area contributed by atoms with Gasteiger partial charge < -0.3 is 9.64 Å². The topological polar surface area (TPSA) is 32.8 Å². The number of carbonyl (C=O) groups is 1. The van der Waals surface area contributed by atoms with Crippen LogP contribution in [0.2, 0.25) is 0 Å². The predicted octanol–water partition coefficient (Wildman–Crippen LogP) is 1.82. The molecule has 3 rings (SSSR count). The molecule has 2 saturated heterocycles. The summed E-state index contributed by atoms with van der Waals surface area (Å²) in [6, 6.07) is 6.52. The Kier molecular flexibility index (Phi) is 4.51. The molecule has 0 spiro atoms. The smallest absolute Gasteiger partial charge is 0.222 e. The van der Waals surface area contributed by atoms with Gasteiger partial charge in [-0.3, -0.25) is 9.69 Å². The lowest BCUT2D eigenvalue weighted by atomic mass is 10.1. The lowest BCUT2D eigenvalue weighted by Crippen LogP contribution is -2.42. The molecular formula is C16H21FN2O2. The molecule has 1 aromatic carbocycles. The van der Waals surface area contributed by atoms with Crippen LogP contribution in [0.4, 0.5) is 4.39 Å². The number of likely N-dealkylation sites (tertiary alicyclic amines) is 1. The summed E-state index contributed by atoms with van der Waals surface area (Å²) in [4.78, 5) is 15.9. The molecule has 0 radical (unpaired) electrons. The van der Waals surface area contributed by atoms with Crippen molar-refractivity contribution < 1.29 is 13.9 Å². The van der Waals surface area contributed by atoms with Crippen molar-refractivity contribution in [2.75, 3.05) is 39.3 Å². The largest absolute Gasteiger partial charge is 0.371 e.